The number of hydrogen-bond donors (Lipinski definition) is 0. The average Bonchev–Trinajstić information content (AvgIpc) is 2.64. The van der Waals surface area contributed by atoms with Crippen LogP contribution in [0.25, 0.3) is 0 Å². The van der Waals surface area contributed by atoms with Gasteiger partial charge in [0, 0.05) is 31.7 Å². The van der Waals surface area contributed by atoms with E-state index in [0.717, 1.165) is 49.6 Å². The maximum Gasteiger partial charge on any atom is 0.330 e. The van der Waals surface area contributed by atoms with Gasteiger partial charge in [-0.15, -0.1) is 0 Å². The molecular weight excluding hydrogens is 328 g/mol. The van der Waals surface area contributed by atoms with Crippen LogP contribution in [0.15, 0.2) is 29.3 Å². The first-order valence-corrected chi connectivity index (χ1v) is 9.55. The number of benzene rings is 1. The predicted octanol–water partition coefficient (Wildman–Crippen LogP) is 2.58. The minimum atomic E-state index is -0.131. The summed E-state index contributed by atoms with van der Waals surface area (Å²) in [5.41, 5.74) is 1.74. The van der Waals surface area contributed by atoms with Crippen LogP contribution in [0.3, 0.4) is 0 Å². The zero-order chi connectivity index (χ0) is 18.3. The molecule has 0 aromatic heterocycles. The maximum absolute atomic E-state index is 13.1. The van der Waals surface area contributed by atoms with E-state index in [4.69, 9.17) is 0 Å². The number of fused-ring (bicyclic) bond motifs is 3. The number of amides is 3. The molecule has 138 valence electrons. The summed E-state index contributed by atoms with van der Waals surface area (Å²) in [5.74, 6) is 1.80. The third kappa shape index (κ3) is 2.97. The molecule has 0 N–H and O–H groups in total. The van der Waals surface area contributed by atoms with Crippen molar-refractivity contribution in [2.75, 3.05) is 37.6 Å². The van der Waals surface area contributed by atoms with Crippen molar-refractivity contribution in [2.24, 2.45) is 16.8 Å². The van der Waals surface area contributed by atoms with Crippen LogP contribution >= 0.6 is 0 Å². The molecule has 3 aliphatic heterocycles. The molecule has 6 nitrogen and oxygen atoms in total. The second kappa shape index (κ2) is 6.74. The number of urea groups is 1. The van der Waals surface area contributed by atoms with Gasteiger partial charge in [-0.1, -0.05) is 26.0 Å². The fourth-order valence-electron chi connectivity index (χ4n) is 4.42. The van der Waals surface area contributed by atoms with Crippen LogP contribution < -0.4 is 4.90 Å². The van der Waals surface area contributed by atoms with Gasteiger partial charge in [0.1, 0.15) is 12.4 Å². The Morgan fingerprint density at radius 2 is 1.92 bits per heavy atom. The van der Waals surface area contributed by atoms with Crippen LogP contribution in [0.1, 0.15) is 32.3 Å². The first-order chi connectivity index (χ1) is 12.5. The van der Waals surface area contributed by atoms with Gasteiger partial charge in [-0.2, -0.15) is 0 Å². The second-order valence-corrected chi connectivity index (χ2v) is 7.84. The van der Waals surface area contributed by atoms with Gasteiger partial charge < -0.3 is 4.90 Å². The number of piperidine rings is 1. The normalized spacial score (nSPS) is 25.5. The Kier molecular flexibility index (Phi) is 4.42. The van der Waals surface area contributed by atoms with Crippen molar-refractivity contribution in [3.8, 4) is 0 Å². The number of anilines is 1. The van der Waals surface area contributed by atoms with Crippen LogP contribution in [-0.2, 0) is 4.79 Å². The lowest BCUT2D eigenvalue weighted by molar-refractivity contribution is -0.132. The van der Waals surface area contributed by atoms with Gasteiger partial charge >= 0.3 is 6.03 Å². The zero-order valence-electron chi connectivity index (χ0n) is 15.5. The van der Waals surface area contributed by atoms with E-state index in [0.29, 0.717) is 18.4 Å². The van der Waals surface area contributed by atoms with Crippen LogP contribution in [0, 0.1) is 11.8 Å². The minimum absolute atomic E-state index is 0.0314. The van der Waals surface area contributed by atoms with Gasteiger partial charge in [0.2, 0.25) is 5.91 Å². The van der Waals surface area contributed by atoms with Gasteiger partial charge in [0.25, 0.3) is 0 Å². The Labute approximate surface area is 154 Å². The standard InChI is InChI=1S/C20H26N4O2/c1-14-10-15(2)12-22(11-14)18(25)13-24-17-7-4-3-6-16(17)19-21-8-5-9-23(19)20(24)26/h3-4,6-7,14-15H,5,8-13H2,1-2H3/t14-,15-/m0/s1. The molecule has 3 aliphatic rings. The van der Waals surface area contributed by atoms with Crippen molar-refractivity contribution in [1.82, 2.24) is 9.80 Å². The highest BCUT2D eigenvalue weighted by Gasteiger charge is 2.38. The number of para-hydroxylation sites is 1. The molecule has 6 heteroatoms. The van der Waals surface area contributed by atoms with Crippen molar-refractivity contribution in [1.29, 1.82) is 0 Å². The third-order valence-electron chi connectivity index (χ3n) is 5.47. The van der Waals surface area contributed by atoms with E-state index >= 15 is 0 Å². The Hall–Kier alpha value is -2.37. The molecule has 4 rings (SSSR count). The van der Waals surface area contributed by atoms with Crippen molar-refractivity contribution < 1.29 is 9.59 Å². The molecule has 1 aromatic rings. The summed E-state index contributed by atoms with van der Waals surface area (Å²) in [4.78, 5) is 35.9. The Morgan fingerprint density at radius 3 is 2.69 bits per heavy atom. The highest BCUT2D eigenvalue weighted by atomic mass is 16.2. The van der Waals surface area contributed by atoms with E-state index in [-0.39, 0.29) is 18.5 Å². The Balaban J connectivity index is 1.61. The van der Waals surface area contributed by atoms with Crippen molar-refractivity contribution >= 4 is 23.5 Å². The molecule has 3 amide bonds. The van der Waals surface area contributed by atoms with E-state index < -0.39 is 0 Å². The van der Waals surface area contributed by atoms with Crippen LogP contribution in [0.4, 0.5) is 10.5 Å². The van der Waals surface area contributed by atoms with Crippen molar-refractivity contribution in [2.45, 2.75) is 26.7 Å². The molecule has 0 bridgehead atoms. The smallest absolute Gasteiger partial charge is 0.330 e. The molecule has 26 heavy (non-hydrogen) atoms. The largest absolute Gasteiger partial charge is 0.341 e. The number of amidine groups is 1. The van der Waals surface area contributed by atoms with Crippen molar-refractivity contribution in [3.63, 3.8) is 0 Å². The molecule has 0 radical (unpaired) electrons. The van der Waals surface area contributed by atoms with Crippen molar-refractivity contribution in [3.05, 3.63) is 29.8 Å². The molecule has 3 heterocycles. The Morgan fingerprint density at radius 1 is 1.19 bits per heavy atom. The summed E-state index contributed by atoms with van der Waals surface area (Å²) in [6, 6.07) is 7.64. The van der Waals surface area contributed by atoms with Crippen LogP contribution in [-0.4, -0.2) is 60.3 Å². The lowest BCUT2D eigenvalue weighted by Crippen LogP contribution is -2.56. The highest BCUT2D eigenvalue weighted by Crippen LogP contribution is 2.31. The summed E-state index contributed by atoms with van der Waals surface area (Å²) in [5, 5.41) is 0. The van der Waals surface area contributed by atoms with Gasteiger partial charge in [0.15, 0.2) is 0 Å². The van der Waals surface area contributed by atoms with E-state index in [1.54, 1.807) is 9.80 Å². The molecule has 1 aromatic carbocycles. The molecule has 0 aliphatic carbocycles. The van der Waals surface area contributed by atoms with Gasteiger partial charge in [-0.05, 0) is 36.8 Å². The number of rotatable bonds is 2. The monoisotopic (exact) mass is 354 g/mol. The Bertz CT molecular complexity index is 750. The van der Waals surface area contributed by atoms with Gasteiger partial charge in [-0.25, -0.2) is 4.79 Å². The number of carbonyl (C=O) groups excluding carboxylic acids is 2. The number of likely N-dealkylation sites (tertiary alicyclic amines) is 1. The zero-order valence-corrected chi connectivity index (χ0v) is 15.5. The highest BCUT2D eigenvalue weighted by molar-refractivity contribution is 6.20. The second-order valence-electron chi connectivity index (χ2n) is 7.84. The molecule has 1 fully saturated rings. The summed E-state index contributed by atoms with van der Waals surface area (Å²) in [7, 11) is 0. The fraction of sp³-hybridized carbons (Fsp3) is 0.550. The topological polar surface area (TPSA) is 56.2 Å². The molecule has 0 spiro atoms. The van der Waals surface area contributed by atoms with E-state index in [2.05, 4.69) is 18.8 Å². The molecular formula is C20H26N4O2. The SMILES string of the molecule is C[C@H]1C[C@H](C)CN(C(=O)CN2C(=O)N3CCCN=C3c3ccccc32)C1. The van der Waals surface area contributed by atoms with E-state index in [9.17, 15) is 9.59 Å². The fourth-order valence-corrected chi connectivity index (χ4v) is 4.42. The van der Waals surface area contributed by atoms with Gasteiger partial charge in [0.05, 0.1) is 5.69 Å². The maximum atomic E-state index is 13.1. The van der Waals surface area contributed by atoms with Gasteiger partial charge in [-0.3, -0.25) is 19.6 Å². The molecule has 0 saturated carbocycles. The molecule has 0 unspecified atom stereocenters. The summed E-state index contributed by atoms with van der Waals surface area (Å²) < 4.78 is 0. The summed E-state index contributed by atoms with van der Waals surface area (Å²) in [6.45, 7) is 7.44. The number of hydrogen-bond acceptors (Lipinski definition) is 3. The minimum Gasteiger partial charge on any atom is -0.341 e. The number of nitrogens with zero attached hydrogens (tertiary/aromatic N) is 4. The average molecular weight is 354 g/mol. The number of carbonyl (C=O) groups is 2. The lowest BCUT2D eigenvalue weighted by Gasteiger charge is -2.41. The molecule has 1 saturated heterocycles. The van der Waals surface area contributed by atoms with Crippen LogP contribution in [0.5, 0.6) is 0 Å². The predicted molar refractivity (Wildman–Crippen MR) is 101 cm³/mol. The first-order valence-electron chi connectivity index (χ1n) is 9.55. The van der Waals surface area contributed by atoms with E-state index in [1.165, 1.54) is 0 Å². The van der Waals surface area contributed by atoms with E-state index in [1.807, 2.05) is 29.2 Å². The quantitative estimate of drug-likeness (QED) is 0.820. The van der Waals surface area contributed by atoms with Crippen LogP contribution in [0.2, 0.25) is 0 Å². The molecule has 2 atom stereocenters. The lowest BCUT2D eigenvalue weighted by atomic mass is 9.92. The first kappa shape index (κ1) is 17.1. The number of aliphatic imine (C=N–C) groups is 1. The third-order valence-corrected chi connectivity index (χ3v) is 5.47. The summed E-state index contributed by atoms with van der Waals surface area (Å²) >= 11 is 0. The summed E-state index contributed by atoms with van der Waals surface area (Å²) in [6.07, 6.45) is 2.02.